The third kappa shape index (κ3) is 16.3. The van der Waals surface area contributed by atoms with Gasteiger partial charge in [-0.2, -0.15) is 0 Å². The van der Waals surface area contributed by atoms with E-state index in [1.165, 1.54) is 19.4 Å². The lowest BCUT2D eigenvalue weighted by Crippen LogP contribution is -2.62. The van der Waals surface area contributed by atoms with E-state index in [1.54, 1.807) is 0 Å². The van der Waals surface area contributed by atoms with Crippen LogP contribution in [0.5, 0.6) is 0 Å². The van der Waals surface area contributed by atoms with Gasteiger partial charge in [0, 0.05) is 31.2 Å². The molecule has 0 aliphatic carbocycles. The lowest BCUT2D eigenvalue weighted by molar-refractivity contribution is -0.142. The van der Waals surface area contributed by atoms with Crippen molar-refractivity contribution in [1.82, 2.24) is 41.9 Å². The Balaban J connectivity index is 3.22. The first-order valence-electron chi connectivity index (χ1n) is 16.5. The van der Waals surface area contributed by atoms with E-state index in [4.69, 9.17) is 17.2 Å². The topological polar surface area (TPSA) is 413 Å². The van der Waals surface area contributed by atoms with Gasteiger partial charge in [-0.1, -0.05) is 0 Å². The molecule has 17 N–H and O–H groups in total. The van der Waals surface area contributed by atoms with Crippen molar-refractivity contribution in [2.24, 2.45) is 17.2 Å². The molecule has 1 rings (SSSR count). The zero-order valence-corrected chi connectivity index (χ0v) is 29.7. The number of imidazole rings is 1. The van der Waals surface area contributed by atoms with Gasteiger partial charge in [-0.05, 0) is 33.6 Å². The maximum atomic E-state index is 13.5. The number of aromatic nitrogens is 2. The SMILES string of the molecule is C[C@@H](O)[C@H](N)C(=O)NCC(=O)N[C@H](C(=O)N[C@H](C(=O)N[C@@H](CCC(N)=O)C(=O)N[C@@H](Cc1cnc[nH]1)C(=O)N[C@@H](CCC(N)=O)C(=O)O)[C@@H](C)O)[C@@H](C)O. The zero-order chi connectivity index (χ0) is 41.3. The van der Waals surface area contributed by atoms with Crippen LogP contribution in [0.3, 0.4) is 0 Å². The number of carboxylic acids is 1. The van der Waals surface area contributed by atoms with Crippen LogP contribution in [0.1, 0.15) is 52.1 Å². The van der Waals surface area contributed by atoms with E-state index < -0.39 is 127 Å². The van der Waals surface area contributed by atoms with Gasteiger partial charge in [0.15, 0.2) is 0 Å². The van der Waals surface area contributed by atoms with Crippen molar-refractivity contribution in [1.29, 1.82) is 0 Å². The van der Waals surface area contributed by atoms with Crippen LogP contribution in [0.4, 0.5) is 0 Å². The number of aliphatic hydroxyl groups is 3. The van der Waals surface area contributed by atoms with E-state index in [-0.39, 0.29) is 19.3 Å². The highest BCUT2D eigenvalue weighted by Crippen LogP contribution is 2.07. The van der Waals surface area contributed by atoms with Crippen LogP contribution in [0, 0.1) is 0 Å². The molecule has 1 aromatic rings. The number of carboxylic acid groups (broad SMARTS) is 1. The monoisotopic (exact) mass is 771 g/mol. The van der Waals surface area contributed by atoms with Gasteiger partial charge >= 0.3 is 5.97 Å². The van der Waals surface area contributed by atoms with E-state index in [9.17, 15) is 63.6 Å². The molecule has 24 nitrogen and oxygen atoms in total. The number of aromatic amines is 1. The average Bonchev–Trinajstić information content (AvgIpc) is 3.60. The highest BCUT2D eigenvalue weighted by molar-refractivity contribution is 5.97. The summed E-state index contributed by atoms with van der Waals surface area (Å²) in [6.07, 6.45) is -3.93. The molecule has 0 aromatic carbocycles. The van der Waals surface area contributed by atoms with Gasteiger partial charge in [-0.15, -0.1) is 0 Å². The molecule has 0 saturated carbocycles. The van der Waals surface area contributed by atoms with E-state index >= 15 is 0 Å². The molecular weight excluding hydrogens is 722 g/mol. The van der Waals surface area contributed by atoms with Crippen molar-refractivity contribution in [3.05, 3.63) is 18.2 Å². The number of nitrogens with two attached hydrogens (primary N) is 3. The molecule has 0 aliphatic rings. The molecular formula is C30H49N11O13. The molecule has 0 aliphatic heterocycles. The predicted molar refractivity (Wildman–Crippen MR) is 182 cm³/mol. The van der Waals surface area contributed by atoms with Gasteiger partial charge in [-0.25, -0.2) is 9.78 Å². The number of amides is 8. The van der Waals surface area contributed by atoms with Crippen molar-refractivity contribution in [3.63, 3.8) is 0 Å². The van der Waals surface area contributed by atoms with Gasteiger partial charge in [-0.3, -0.25) is 38.4 Å². The molecule has 1 heterocycles. The minimum absolute atomic E-state index is 0.286. The molecule has 0 bridgehead atoms. The van der Waals surface area contributed by atoms with Gasteiger partial charge < -0.3 is 74.5 Å². The average molecular weight is 772 g/mol. The number of nitrogens with one attached hydrogen (secondary N) is 7. The first-order chi connectivity index (χ1) is 25.1. The number of carbonyl (C=O) groups excluding carboxylic acids is 8. The molecule has 0 radical (unpaired) electrons. The lowest BCUT2D eigenvalue weighted by atomic mass is 10.0. The molecule has 1 aromatic heterocycles. The van der Waals surface area contributed by atoms with Crippen molar-refractivity contribution >= 4 is 53.2 Å². The number of nitrogens with zero attached hydrogens (tertiary/aromatic N) is 1. The van der Waals surface area contributed by atoms with E-state index in [0.717, 1.165) is 13.8 Å². The minimum Gasteiger partial charge on any atom is -0.480 e. The second kappa shape index (κ2) is 22.4. The number of aliphatic hydroxyl groups excluding tert-OH is 3. The summed E-state index contributed by atoms with van der Waals surface area (Å²) >= 11 is 0. The minimum atomic E-state index is -1.85. The predicted octanol–water partition coefficient (Wildman–Crippen LogP) is -7.42. The largest absolute Gasteiger partial charge is 0.480 e. The van der Waals surface area contributed by atoms with Gasteiger partial charge in [0.05, 0.1) is 31.2 Å². The smallest absolute Gasteiger partial charge is 0.326 e. The molecule has 8 amide bonds. The lowest BCUT2D eigenvalue weighted by Gasteiger charge is -2.28. The number of aliphatic carboxylic acids is 1. The first kappa shape index (κ1) is 46.3. The third-order valence-electron chi connectivity index (χ3n) is 7.61. The summed E-state index contributed by atoms with van der Waals surface area (Å²) in [7, 11) is 0. The summed E-state index contributed by atoms with van der Waals surface area (Å²) in [5.41, 5.74) is 16.1. The Bertz CT molecular complexity index is 1490. The molecule has 0 fully saturated rings. The number of hydrogen-bond acceptors (Lipinski definition) is 14. The van der Waals surface area contributed by atoms with Crippen LogP contribution in [0.15, 0.2) is 12.5 Å². The molecule has 9 atom stereocenters. The fourth-order valence-corrected chi connectivity index (χ4v) is 4.51. The molecule has 0 spiro atoms. The zero-order valence-electron chi connectivity index (χ0n) is 29.7. The number of carbonyl (C=O) groups is 9. The van der Waals surface area contributed by atoms with Crippen molar-refractivity contribution in [3.8, 4) is 0 Å². The Hall–Kier alpha value is -5.72. The van der Waals surface area contributed by atoms with E-state index in [0.29, 0.717) is 5.69 Å². The highest BCUT2D eigenvalue weighted by Gasteiger charge is 2.35. The molecule has 0 saturated heterocycles. The van der Waals surface area contributed by atoms with Gasteiger partial charge in [0.2, 0.25) is 47.3 Å². The van der Waals surface area contributed by atoms with Crippen molar-refractivity contribution < 1.29 is 63.6 Å². The fourth-order valence-electron chi connectivity index (χ4n) is 4.51. The van der Waals surface area contributed by atoms with Crippen LogP contribution in [-0.4, -0.2) is 145 Å². The standard InChI is InChI=1S/C30H49N11O13/c1-12(42)22(33)27(50)35-10-21(47)40-23(13(2)43)29(52)41-24(14(3)44)28(51)37-16(4-6-19(31)45)25(48)39-18(8-15-9-34-11-36-15)26(49)38-17(30(53)54)5-7-20(32)46/h9,11-14,16-18,22-24,42-44H,4-8,10,33H2,1-3H3,(H2,31,45)(H2,32,46)(H,34,36)(H,35,50)(H,37,51)(H,38,49)(H,39,48)(H,40,47)(H,41,52)(H,53,54)/t12-,13-,14-,16+,17+,18+,22+,23+,24+/m1/s1. The Morgan fingerprint density at radius 2 is 1.17 bits per heavy atom. The maximum absolute atomic E-state index is 13.5. The quantitative estimate of drug-likeness (QED) is 0.0464. The van der Waals surface area contributed by atoms with Crippen LogP contribution in [0.2, 0.25) is 0 Å². The summed E-state index contributed by atoms with van der Waals surface area (Å²) in [4.78, 5) is 119. The summed E-state index contributed by atoms with van der Waals surface area (Å²) in [6, 6.07) is -9.74. The number of primary amides is 2. The van der Waals surface area contributed by atoms with E-state index in [1.807, 2.05) is 0 Å². The summed E-state index contributed by atoms with van der Waals surface area (Å²) in [5, 5.41) is 52.8. The maximum Gasteiger partial charge on any atom is 0.326 e. The Morgan fingerprint density at radius 3 is 1.65 bits per heavy atom. The molecule has 0 unspecified atom stereocenters. The summed E-state index contributed by atoms with van der Waals surface area (Å²) in [5.74, 6) is -9.62. The van der Waals surface area contributed by atoms with E-state index in [2.05, 4.69) is 41.9 Å². The van der Waals surface area contributed by atoms with Crippen LogP contribution in [0.25, 0.3) is 0 Å². The highest BCUT2D eigenvalue weighted by atomic mass is 16.4. The van der Waals surface area contributed by atoms with Crippen molar-refractivity contribution in [2.75, 3.05) is 6.54 Å². The fraction of sp³-hybridized carbons (Fsp3) is 0.600. The van der Waals surface area contributed by atoms with Crippen LogP contribution >= 0.6 is 0 Å². The number of hydrogen-bond donors (Lipinski definition) is 14. The summed E-state index contributed by atoms with van der Waals surface area (Å²) in [6.45, 7) is 2.71. The van der Waals surface area contributed by atoms with Gasteiger partial charge in [0.1, 0.15) is 36.3 Å². The Kier molecular flexibility index (Phi) is 19.2. The molecule has 54 heavy (non-hydrogen) atoms. The Morgan fingerprint density at radius 1 is 0.685 bits per heavy atom. The number of rotatable bonds is 24. The third-order valence-corrected chi connectivity index (χ3v) is 7.61. The second-order valence-electron chi connectivity index (χ2n) is 12.3. The molecule has 302 valence electrons. The molecule has 24 heteroatoms. The second-order valence-corrected chi connectivity index (χ2v) is 12.3. The van der Waals surface area contributed by atoms with Crippen LogP contribution in [-0.2, 0) is 49.6 Å². The first-order valence-corrected chi connectivity index (χ1v) is 16.5. The van der Waals surface area contributed by atoms with Crippen LogP contribution < -0.4 is 49.1 Å². The van der Waals surface area contributed by atoms with Gasteiger partial charge in [0.25, 0.3) is 0 Å². The Labute approximate surface area is 308 Å². The normalized spacial score (nSPS) is 16.0. The van der Waals surface area contributed by atoms with Crippen molar-refractivity contribution in [2.45, 2.75) is 107 Å². The number of H-pyrrole nitrogens is 1. The summed E-state index contributed by atoms with van der Waals surface area (Å²) < 4.78 is 0.